The fourth-order valence-corrected chi connectivity index (χ4v) is 5.76. The summed E-state index contributed by atoms with van der Waals surface area (Å²) < 4.78 is 5.64. The van der Waals surface area contributed by atoms with E-state index in [-0.39, 0.29) is 18.1 Å². The Morgan fingerprint density at radius 2 is 1.74 bits per heavy atom. The molecule has 3 aliphatic rings. The van der Waals surface area contributed by atoms with Crippen LogP contribution in [0.2, 0.25) is 0 Å². The molecule has 2 aromatic carbocycles. The van der Waals surface area contributed by atoms with Crippen LogP contribution in [0.25, 0.3) is 0 Å². The summed E-state index contributed by atoms with van der Waals surface area (Å²) in [5.74, 6) is 0.780. The van der Waals surface area contributed by atoms with E-state index < -0.39 is 0 Å². The Labute approximate surface area is 227 Å². The molecule has 0 radical (unpaired) electrons. The Morgan fingerprint density at radius 1 is 1.03 bits per heavy atom. The summed E-state index contributed by atoms with van der Waals surface area (Å²) in [6.07, 6.45) is 7.57. The number of rotatable bonds is 7. The normalized spacial score (nSPS) is 20.2. The summed E-state index contributed by atoms with van der Waals surface area (Å²) in [7, 11) is 0. The van der Waals surface area contributed by atoms with Gasteiger partial charge in [-0.15, -0.1) is 0 Å². The van der Waals surface area contributed by atoms with Gasteiger partial charge in [0.1, 0.15) is 0 Å². The van der Waals surface area contributed by atoms with Crippen molar-refractivity contribution < 1.29 is 9.53 Å². The van der Waals surface area contributed by atoms with Crippen molar-refractivity contribution >= 4 is 28.8 Å². The van der Waals surface area contributed by atoms with Gasteiger partial charge in [-0.25, -0.2) is 9.80 Å². The van der Waals surface area contributed by atoms with Crippen LogP contribution in [0.5, 0.6) is 0 Å². The number of anilines is 3. The van der Waals surface area contributed by atoms with E-state index in [0.717, 1.165) is 59.6 Å². The predicted molar refractivity (Wildman–Crippen MR) is 155 cm³/mol. The molecule has 2 fully saturated rings. The average molecular weight is 518 g/mol. The third-order valence-electron chi connectivity index (χ3n) is 8.33. The fraction of sp³-hybridized carbons (Fsp3) is 0.548. The van der Waals surface area contributed by atoms with Gasteiger partial charge < -0.3 is 15.8 Å². The van der Waals surface area contributed by atoms with E-state index in [9.17, 15) is 4.79 Å². The highest BCUT2D eigenvalue weighted by atomic mass is 16.5. The zero-order valence-electron chi connectivity index (χ0n) is 23.2. The number of carbonyl (C=O) groups excluding carboxylic acids is 1. The largest absolute Gasteiger partial charge is 0.383 e. The van der Waals surface area contributed by atoms with Gasteiger partial charge in [0.25, 0.3) is 0 Å². The van der Waals surface area contributed by atoms with Crippen molar-refractivity contribution in [1.29, 1.82) is 0 Å². The van der Waals surface area contributed by atoms with Gasteiger partial charge in [0.05, 0.1) is 23.1 Å². The van der Waals surface area contributed by atoms with Crippen LogP contribution in [0.1, 0.15) is 69.9 Å². The van der Waals surface area contributed by atoms with Gasteiger partial charge >= 0.3 is 6.03 Å². The molecule has 38 heavy (non-hydrogen) atoms. The Kier molecular flexibility index (Phi) is 8.34. The number of urea groups is 1. The number of amides is 2. The van der Waals surface area contributed by atoms with E-state index in [0.29, 0.717) is 31.6 Å². The van der Waals surface area contributed by atoms with E-state index >= 15 is 0 Å². The lowest BCUT2D eigenvalue weighted by Gasteiger charge is -2.33. The van der Waals surface area contributed by atoms with Crippen molar-refractivity contribution in [2.24, 2.45) is 22.7 Å². The Morgan fingerprint density at radius 3 is 2.42 bits per heavy atom. The fourth-order valence-electron chi connectivity index (χ4n) is 5.76. The third kappa shape index (κ3) is 5.74. The van der Waals surface area contributed by atoms with Crippen molar-refractivity contribution in [3.8, 4) is 0 Å². The molecule has 5 rings (SSSR count). The Hall–Kier alpha value is -2.90. The highest BCUT2D eigenvalue weighted by molar-refractivity contribution is 6.14. The molecule has 1 saturated carbocycles. The molecule has 1 atom stereocenters. The van der Waals surface area contributed by atoms with Crippen molar-refractivity contribution in [3.05, 3.63) is 53.6 Å². The van der Waals surface area contributed by atoms with Gasteiger partial charge in [-0.2, -0.15) is 5.10 Å². The Bertz CT molecular complexity index is 1130. The number of nitrogens with zero attached hydrogens (tertiary/aromatic N) is 3. The quantitative estimate of drug-likeness (QED) is 0.443. The number of aryl methyl sites for hydroxylation is 1. The number of benzene rings is 2. The van der Waals surface area contributed by atoms with Crippen LogP contribution in [0, 0.1) is 18.8 Å². The van der Waals surface area contributed by atoms with Gasteiger partial charge in [0.15, 0.2) is 0 Å². The highest BCUT2D eigenvalue weighted by Gasteiger charge is 2.37. The molecule has 2 aliphatic heterocycles. The molecular weight excluding hydrogens is 474 g/mol. The summed E-state index contributed by atoms with van der Waals surface area (Å²) in [4.78, 5) is 16.3. The average Bonchev–Trinajstić information content (AvgIpc) is 3.06. The maximum atomic E-state index is 14.4. The number of carbonyl (C=O) groups is 1. The van der Waals surface area contributed by atoms with Crippen LogP contribution < -0.4 is 16.0 Å². The number of nitrogens with two attached hydrogens (primary N) is 1. The second-order valence-corrected chi connectivity index (χ2v) is 11.5. The molecule has 3 N–H and O–H groups in total. The summed E-state index contributed by atoms with van der Waals surface area (Å²) in [5.41, 5.74) is 12.3. The standard InChI is InChI=1S/C31H43N5O2/c1-21(2)28(32)20-33-24-10-12-25(13-11-24)35-29-19-22(3)9-14-27(29)30(23-7-5-4-6-8-23)34-36(31(35)37)26-15-17-38-18-16-26/h9-14,19,21,23,26,28,33H,4-8,15-18,20,32H2,1-3H3/t28-/m1/s1. The van der Waals surface area contributed by atoms with Crippen LogP contribution in [-0.4, -0.2) is 48.6 Å². The SMILES string of the molecule is Cc1ccc2c(c1)N(c1ccc(NC[C@@H](N)C(C)C)cc1)C(=O)N(C1CCOCC1)N=C2C1CCCCC1. The van der Waals surface area contributed by atoms with E-state index in [4.69, 9.17) is 15.6 Å². The maximum Gasteiger partial charge on any atom is 0.349 e. The minimum Gasteiger partial charge on any atom is -0.383 e. The molecular formula is C31H43N5O2. The molecule has 7 nitrogen and oxygen atoms in total. The van der Waals surface area contributed by atoms with Crippen LogP contribution in [0.3, 0.4) is 0 Å². The van der Waals surface area contributed by atoms with Crippen LogP contribution in [-0.2, 0) is 4.74 Å². The molecule has 0 unspecified atom stereocenters. The van der Waals surface area contributed by atoms with Crippen molar-refractivity contribution in [1.82, 2.24) is 5.01 Å². The molecule has 7 heteroatoms. The Balaban J connectivity index is 1.54. The van der Waals surface area contributed by atoms with Crippen molar-refractivity contribution in [3.63, 3.8) is 0 Å². The molecule has 2 aromatic rings. The third-order valence-corrected chi connectivity index (χ3v) is 8.33. The lowest BCUT2D eigenvalue weighted by Crippen LogP contribution is -2.45. The zero-order valence-corrected chi connectivity index (χ0v) is 23.2. The molecule has 0 spiro atoms. The minimum atomic E-state index is -0.0860. The first-order chi connectivity index (χ1) is 18.4. The van der Waals surface area contributed by atoms with Gasteiger partial charge in [-0.1, -0.05) is 45.2 Å². The summed E-state index contributed by atoms with van der Waals surface area (Å²) in [5, 5.41) is 10.4. The molecule has 2 amide bonds. The summed E-state index contributed by atoms with van der Waals surface area (Å²) in [6.45, 7) is 8.38. The zero-order chi connectivity index (χ0) is 26.6. The minimum absolute atomic E-state index is 0.0335. The number of ether oxygens (including phenoxy) is 1. The van der Waals surface area contributed by atoms with E-state index in [1.54, 1.807) is 5.01 Å². The second-order valence-electron chi connectivity index (χ2n) is 11.5. The van der Waals surface area contributed by atoms with Crippen molar-refractivity contribution in [2.75, 3.05) is 30.0 Å². The van der Waals surface area contributed by atoms with Crippen LogP contribution in [0.4, 0.5) is 21.9 Å². The second kappa shape index (κ2) is 11.9. The predicted octanol–water partition coefficient (Wildman–Crippen LogP) is 6.43. The number of hydrogen-bond acceptors (Lipinski definition) is 5. The topological polar surface area (TPSA) is 83.2 Å². The number of fused-ring (bicyclic) bond motifs is 1. The summed E-state index contributed by atoms with van der Waals surface area (Å²) in [6, 6.07) is 14.6. The molecule has 0 bridgehead atoms. The first kappa shape index (κ1) is 26.7. The highest BCUT2D eigenvalue weighted by Crippen LogP contribution is 2.39. The van der Waals surface area contributed by atoms with Gasteiger partial charge in [0.2, 0.25) is 0 Å². The van der Waals surface area contributed by atoms with E-state index in [1.165, 1.54) is 19.3 Å². The number of hydrazone groups is 1. The number of nitrogens with one attached hydrogen (secondary N) is 1. The van der Waals surface area contributed by atoms with Gasteiger partial charge in [-0.05, 0) is 74.4 Å². The molecule has 1 aliphatic carbocycles. The first-order valence-corrected chi connectivity index (χ1v) is 14.4. The van der Waals surface area contributed by atoms with Crippen LogP contribution in [0.15, 0.2) is 47.6 Å². The van der Waals surface area contributed by atoms with Crippen molar-refractivity contribution in [2.45, 2.75) is 77.8 Å². The molecule has 0 aromatic heterocycles. The van der Waals surface area contributed by atoms with Crippen LogP contribution >= 0.6 is 0 Å². The number of hydrogen-bond donors (Lipinski definition) is 2. The van der Waals surface area contributed by atoms with Gasteiger partial charge in [0, 0.05) is 43.0 Å². The first-order valence-electron chi connectivity index (χ1n) is 14.4. The lowest BCUT2D eigenvalue weighted by molar-refractivity contribution is 0.0480. The van der Waals surface area contributed by atoms with E-state index in [2.05, 4.69) is 44.3 Å². The van der Waals surface area contributed by atoms with Gasteiger partial charge in [-0.3, -0.25) is 4.90 Å². The monoisotopic (exact) mass is 517 g/mol. The lowest BCUT2D eigenvalue weighted by atomic mass is 9.82. The summed E-state index contributed by atoms with van der Waals surface area (Å²) >= 11 is 0. The smallest absolute Gasteiger partial charge is 0.349 e. The molecule has 204 valence electrons. The maximum absolute atomic E-state index is 14.4. The van der Waals surface area contributed by atoms with E-state index in [1.807, 2.05) is 29.2 Å². The molecule has 1 saturated heterocycles. The molecule has 2 heterocycles.